The third-order valence-corrected chi connectivity index (χ3v) is 5.58. The number of hydrogen-bond donors (Lipinski definition) is 2. The van der Waals surface area contributed by atoms with Gasteiger partial charge >= 0.3 is 0 Å². The van der Waals surface area contributed by atoms with Crippen molar-refractivity contribution in [2.75, 3.05) is 25.5 Å². The number of ketones is 1. The first-order chi connectivity index (χ1) is 16.5. The number of carbonyl (C=O) groups is 2. The molecule has 170 valence electrons. The second-order valence-corrected chi connectivity index (χ2v) is 7.74. The summed E-state index contributed by atoms with van der Waals surface area (Å²) in [5, 5.41) is 15.7. The van der Waals surface area contributed by atoms with Crippen LogP contribution in [0, 0.1) is 11.3 Å². The summed E-state index contributed by atoms with van der Waals surface area (Å²) in [5.41, 5.74) is 3.02. The highest BCUT2D eigenvalue weighted by Crippen LogP contribution is 2.37. The van der Waals surface area contributed by atoms with Gasteiger partial charge in [-0.2, -0.15) is 5.26 Å². The summed E-state index contributed by atoms with van der Waals surface area (Å²) in [7, 11) is 1.49. The zero-order chi connectivity index (χ0) is 24.2. The standard InChI is InChI=1S/C25H19ClN4O4/c1-14-24(18(25(14)32)12-28-8-6-27)30-20-4-3-16(10-19(20)26)34-22-5-7-29-21-11-23(33-2)15(13-31)9-17(21)22/h3-5,7,9-11,13,28,30H,1,8,12H2,2H3. The van der Waals surface area contributed by atoms with Crippen molar-refractivity contribution in [3.63, 3.8) is 0 Å². The van der Waals surface area contributed by atoms with Gasteiger partial charge in [-0.3, -0.25) is 14.6 Å². The molecule has 0 atom stereocenters. The molecule has 2 N–H and O–H groups in total. The van der Waals surface area contributed by atoms with Crippen LogP contribution in [0.25, 0.3) is 10.9 Å². The van der Waals surface area contributed by atoms with Crippen LogP contribution >= 0.6 is 11.6 Å². The van der Waals surface area contributed by atoms with Gasteiger partial charge in [-0.1, -0.05) is 18.2 Å². The average Bonchev–Trinajstić information content (AvgIpc) is 2.85. The molecule has 1 aromatic heterocycles. The summed E-state index contributed by atoms with van der Waals surface area (Å²) in [6.07, 6.45) is 2.31. The second kappa shape index (κ2) is 9.75. The molecule has 0 fully saturated rings. The van der Waals surface area contributed by atoms with Gasteiger partial charge in [0, 0.05) is 41.4 Å². The fourth-order valence-electron chi connectivity index (χ4n) is 3.54. The Kier molecular flexibility index (Phi) is 6.59. The number of hydrogen-bond acceptors (Lipinski definition) is 8. The first-order valence-corrected chi connectivity index (χ1v) is 10.6. The van der Waals surface area contributed by atoms with E-state index in [9.17, 15) is 9.59 Å². The lowest BCUT2D eigenvalue weighted by atomic mass is 9.87. The molecule has 2 aromatic carbocycles. The van der Waals surface area contributed by atoms with Crippen molar-refractivity contribution < 1.29 is 19.1 Å². The van der Waals surface area contributed by atoms with Gasteiger partial charge in [-0.05, 0) is 24.3 Å². The van der Waals surface area contributed by atoms with Gasteiger partial charge in [-0.15, -0.1) is 0 Å². The molecule has 8 nitrogen and oxygen atoms in total. The first-order valence-electron chi connectivity index (χ1n) is 10.2. The lowest BCUT2D eigenvalue weighted by Crippen LogP contribution is -2.33. The van der Waals surface area contributed by atoms with E-state index in [4.69, 9.17) is 26.3 Å². The van der Waals surface area contributed by atoms with E-state index >= 15 is 0 Å². The minimum Gasteiger partial charge on any atom is -0.496 e. The summed E-state index contributed by atoms with van der Waals surface area (Å²) < 4.78 is 11.3. The van der Waals surface area contributed by atoms with Crippen molar-refractivity contribution >= 4 is 40.3 Å². The fourth-order valence-corrected chi connectivity index (χ4v) is 3.75. The van der Waals surface area contributed by atoms with E-state index in [1.54, 1.807) is 42.6 Å². The normalized spacial score (nSPS) is 12.9. The maximum atomic E-state index is 12.1. The average molecular weight is 475 g/mol. The van der Waals surface area contributed by atoms with Gasteiger partial charge in [0.15, 0.2) is 12.1 Å². The van der Waals surface area contributed by atoms with Crippen LogP contribution in [0.4, 0.5) is 5.69 Å². The van der Waals surface area contributed by atoms with Crippen molar-refractivity contribution in [2.45, 2.75) is 0 Å². The maximum absolute atomic E-state index is 12.1. The van der Waals surface area contributed by atoms with Crippen LogP contribution in [0.3, 0.4) is 0 Å². The Labute approximate surface area is 200 Å². The van der Waals surface area contributed by atoms with E-state index in [-0.39, 0.29) is 18.9 Å². The molecule has 1 aliphatic carbocycles. The summed E-state index contributed by atoms with van der Waals surface area (Å²) in [5.74, 6) is 1.25. The zero-order valence-corrected chi connectivity index (χ0v) is 18.9. The first kappa shape index (κ1) is 23.0. The van der Waals surface area contributed by atoms with Crippen LogP contribution in [0.2, 0.25) is 5.02 Å². The summed E-state index contributed by atoms with van der Waals surface area (Å²) in [4.78, 5) is 27.8. The van der Waals surface area contributed by atoms with E-state index in [0.717, 1.165) is 0 Å². The van der Waals surface area contributed by atoms with E-state index in [0.29, 0.717) is 67.6 Å². The largest absolute Gasteiger partial charge is 0.496 e. The van der Waals surface area contributed by atoms with Gasteiger partial charge in [-0.25, -0.2) is 0 Å². The molecule has 0 saturated heterocycles. The van der Waals surface area contributed by atoms with E-state index < -0.39 is 0 Å². The van der Waals surface area contributed by atoms with Crippen molar-refractivity contribution in [3.8, 4) is 23.3 Å². The molecule has 0 aliphatic heterocycles. The maximum Gasteiger partial charge on any atom is 0.193 e. The van der Waals surface area contributed by atoms with Crippen molar-refractivity contribution in [1.29, 1.82) is 5.26 Å². The Balaban J connectivity index is 1.58. The number of pyridine rings is 1. The number of Topliss-reactive ketones (excluding diaryl/α,β-unsaturated/α-hetero) is 1. The quantitative estimate of drug-likeness (QED) is 0.203. The Hall–Kier alpha value is -4.19. The number of fused-ring (bicyclic) bond motifs is 1. The molecule has 3 aromatic rings. The van der Waals surface area contributed by atoms with Gasteiger partial charge in [0.2, 0.25) is 0 Å². The number of rotatable bonds is 9. The Bertz CT molecular complexity index is 1410. The number of ether oxygens (including phenoxy) is 2. The monoisotopic (exact) mass is 474 g/mol. The predicted molar refractivity (Wildman–Crippen MR) is 128 cm³/mol. The molecule has 0 bridgehead atoms. The number of aromatic nitrogens is 1. The number of allylic oxidation sites excluding steroid dienone is 1. The molecule has 0 unspecified atom stereocenters. The van der Waals surface area contributed by atoms with Crippen LogP contribution in [0.5, 0.6) is 17.2 Å². The number of nitriles is 1. The molecule has 4 rings (SSSR count). The minimum absolute atomic E-state index is 0.133. The highest BCUT2D eigenvalue weighted by Gasteiger charge is 2.31. The topological polar surface area (TPSA) is 113 Å². The molecule has 0 spiro atoms. The van der Waals surface area contributed by atoms with Crippen LogP contribution in [-0.2, 0) is 4.79 Å². The molecule has 1 aliphatic rings. The number of benzene rings is 2. The Morgan fingerprint density at radius 1 is 1.24 bits per heavy atom. The molecular formula is C25H19ClN4O4. The Morgan fingerprint density at radius 2 is 2.06 bits per heavy atom. The number of halogens is 1. The Morgan fingerprint density at radius 3 is 2.76 bits per heavy atom. The van der Waals surface area contributed by atoms with Crippen molar-refractivity contribution in [2.24, 2.45) is 0 Å². The third-order valence-electron chi connectivity index (χ3n) is 5.27. The minimum atomic E-state index is -0.153. The number of anilines is 1. The van der Waals surface area contributed by atoms with Gasteiger partial charge in [0.05, 0.1) is 47.2 Å². The van der Waals surface area contributed by atoms with E-state index in [1.165, 1.54) is 7.11 Å². The molecule has 9 heteroatoms. The van der Waals surface area contributed by atoms with E-state index in [2.05, 4.69) is 22.2 Å². The zero-order valence-electron chi connectivity index (χ0n) is 18.1. The molecule has 0 saturated carbocycles. The molecule has 1 heterocycles. The van der Waals surface area contributed by atoms with Crippen LogP contribution in [-0.4, -0.2) is 37.3 Å². The number of nitrogens with one attached hydrogen (secondary N) is 2. The smallest absolute Gasteiger partial charge is 0.193 e. The summed E-state index contributed by atoms with van der Waals surface area (Å²) in [6.45, 7) is 4.18. The number of aldehydes is 1. The molecule has 0 radical (unpaired) electrons. The third kappa shape index (κ3) is 4.35. The number of carbonyl (C=O) groups excluding carboxylic acids is 2. The lowest BCUT2D eigenvalue weighted by Gasteiger charge is -2.26. The van der Waals surface area contributed by atoms with Gasteiger partial charge < -0.3 is 20.1 Å². The molecule has 34 heavy (non-hydrogen) atoms. The van der Waals surface area contributed by atoms with E-state index in [1.807, 2.05) is 6.07 Å². The predicted octanol–water partition coefficient (Wildman–Crippen LogP) is 4.42. The van der Waals surface area contributed by atoms with Gasteiger partial charge in [0.1, 0.15) is 17.2 Å². The lowest BCUT2D eigenvalue weighted by molar-refractivity contribution is -0.113. The van der Waals surface area contributed by atoms with Crippen LogP contribution < -0.4 is 20.1 Å². The number of nitrogens with zero attached hydrogens (tertiary/aromatic N) is 2. The molecular weight excluding hydrogens is 456 g/mol. The molecule has 0 amide bonds. The van der Waals surface area contributed by atoms with Crippen molar-refractivity contribution in [3.05, 3.63) is 76.6 Å². The van der Waals surface area contributed by atoms with Crippen LogP contribution in [0.15, 0.2) is 66.0 Å². The SMILES string of the molecule is C=C1C(=O)C(CNCC#N)=C1Nc1ccc(Oc2ccnc3cc(OC)c(C=O)cc23)cc1Cl. The van der Waals surface area contributed by atoms with Crippen molar-refractivity contribution in [1.82, 2.24) is 10.3 Å². The second-order valence-electron chi connectivity index (χ2n) is 7.33. The van der Waals surface area contributed by atoms with Gasteiger partial charge in [0.25, 0.3) is 0 Å². The summed E-state index contributed by atoms with van der Waals surface area (Å²) in [6, 6.07) is 12.1. The highest BCUT2D eigenvalue weighted by molar-refractivity contribution is 6.33. The summed E-state index contributed by atoms with van der Waals surface area (Å²) >= 11 is 6.47. The number of methoxy groups -OCH3 is 1. The highest BCUT2D eigenvalue weighted by atomic mass is 35.5. The fraction of sp³-hybridized carbons (Fsp3) is 0.120. The van der Waals surface area contributed by atoms with Crippen LogP contribution in [0.1, 0.15) is 10.4 Å².